The summed E-state index contributed by atoms with van der Waals surface area (Å²) >= 11 is 3.53. The van der Waals surface area contributed by atoms with Gasteiger partial charge in [0, 0.05) is 21.7 Å². The lowest BCUT2D eigenvalue weighted by atomic mass is 9.88. The molecule has 0 radical (unpaired) electrons. The molecule has 1 aliphatic heterocycles. The number of nitrogens with one attached hydrogen (secondary N) is 1. The number of thiophene rings is 1. The van der Waals surface area contributed by atoms with Crippen molar-refractivity contribution in [3.63, 3.8) is 0 Å². The van der Waals surface area contributed by atoms with E-state index >= 15 is 0 Å². The quantitative estimate of drug-likeness (QED) is 0.840. The maximum atomic E-state index is 12.5. The minimum Gasteiger partial charge on any atom is -0.306 e. The Kier molecular flexibility index (Phi) is 4.22. The van der Waals surface area contributed by atoms with Gasteiger partial charge in [-0.05, 0) is 60.9 Å². The average Bonchev–Trinajstić information content (AvgIpc) is 2.93. The third-order valence-electron chi connectivity index (χ3n) is 4.66. The summed E-state index contributed by atoms with van der Waals surface area (Å²) in [5, 5.41) is 2.90. The predicted molar refractivity (Wildman–Crippen MR) is 102 cm³/mol. The summed E-state index contributed by atoms with van der Waals surface area (Å²) < 4.78 is 0. The zero-order valence-corrected chi connectivity index (χ0v) is 15.5. The first kappa shape index (κ1) is 15.9. The van der Waals surface area contributed by atoms with Gasteiger partial charge in [-0.15, -0.1) is 23.1 Å². The molecule has 0 fully saturated rings. The van der Waals surface area contributed by atoms with Crippen molar-refractivity contribution in [2.45, 2.75) is 38.9 Å². The number of amides is 1. The molecule has 0 spiro atoms. The summed E-state index contributed by atoms with van der Waals surface area (Å²) in [7, 11) is 0. The zero-order valence-electron chi connectivity index (χ0n) is 13.9. The summed E-state index contributed by atoms with van der Waals surface area (Å²) in [6.07, 6.45) is 7.52. The number of rotatable bonds is 2. The minimum atomic E-state index is -0.0539. The second kappa shape index (κ2) is 6.37. The highest BCUT2D eigenvalue weighted by Crippen LogP contribution is 2.43. The van der Waals surface area contributed by atoms with Gasteiger partial charge < -0.3 is 5.32 Å². The number of aromatic nitrogens is 1. The lowest BCUT2D eigenvalue weighted by Gasteiger charge is -2.19. The van der Waals surface area contributed by atoms with Gasteiger partial charge in [0.2, 0.25) is 0 Å². The van der Waals surface area contributed by atoms with Crippen LogP contribution in [0.3, 0.4) is 0 Å². The molecule has 0 bridgehead atoms. The zero-order chi connectivity index (χ0) is 16.7. The van der Waals surface area contributed by atoms with Crippen molar-refractivity contribution in [2.24, 2.45) is 5.92 Å². The number of hydrogen-bond donors (Lipinski definition) is 1. The molecule has 1 atom stereocenters. The summed E-state index contributed by atoms with van der Waals surface area (Å²) in [6, 6.07) is 3.80. The second-order valence-corrected chi connectivity index (χ2v) is 8.82. The van der Waals surface area contributed by atoms with Gasteiger partial charge in [0.05, 0.1) is 4.91 Å². The highest BCUT2D eigenvalue weighted by Gasteiger charge is 2.26. The number of carbonyl (C=O) groups excluding carboxylic acids is 1. The molecule has 0 unspecified atom stereocenters. The Labute approximate surface area is 150 Å². The molecule has 2 aliphatic rings. The van der Waals surface area contributed by atoms with Crippen LogP contribution in [0.1, 0.15) is 39.8 Å². The van der Waals surface area contributed by atoms with Crippen LogP contribution < -0.4 is 5.32 Å². The summed E-state index contributed by atoms with van der Waals surface area (Å²) in [4.78, 5) is 20.4. The summed E-state index contributed by atoms with van der Waals surface area (Å²) in [6.45, 7) is 4.32. The van der Waals surface area contributed by atoms with Crippen molar-refractivity contribution < 1.29 is 4.79 Å². The fourth-order valence-electron chi connectivity index (χ4n) is 3.27. The number of fused-ring (bicyclic) bond motifs is 3. The van der Waals surface area contributed by atoms with Crippen molar-refractivity contribution in [2.75, 3.05) is 5.32 Å². The molecule has 5 heteroatoms. The number of carbonyl (C=O) groups is 1. The Morgan fingerprint density at radius 3 is 3.00 bits per heavy atom. The first-order valence-corrected chi connectivity index (χ1v) is 10.1. The molecule has 2 aromatic heterocycles. The van der Waals surface area contributed by atoms with Gasteiger partial charge in [0.1, 0.15) is 5.82 Å². The normalized spacial score (nSPS) is 19.2. The van der Waals surface area contributed by atoms with E-state index in [1.165, 1.54) is 34.6 Å². The van der Waals surface area contributed by atoms with Crippen LogP contribution in [0.25, 0.3) is 6.08 Å². The van der Waals surface area contributed by atoms with E-state index in [1.54, 1.807) is 23.5 Å². The number of anilines is 1. The molecule has 0 saturated carbocycles. The first-order valence-electron chi connectivity index (χ1n) is 8.32. The fourth-order valence-corrected chi connectivity index (χ4v) is 5.93. The molecule has 4 rings (SSSR count). The first-order chi connectivity index (χ1) is 11.6. The molecule has 124 valence electrons. The van der Waals surface area contributed by atoms with Crippen LogP contribution in [0.15, 0.2) is 23.2 Å². The second-order valence-electron chi connectivity index (χ2n) is 6.67. The van der Waals surface area contributed by atoms with Crippen molar-refractivity contribution in [1.82, 2.24) is 4.98 Å². The molecule has 0 aromatic carbocycles. The monoisotopic (exact) mass is 356 g/mol. The molecule has 0 saturated heterocycles. The Morgan fingerprint density at radius 1 is 1.33 bits per heavy atom. The maximum Gasteiger partial charge on any atom is 0.263 e. The van der Waals surface area contributed by atoms with Crippen molar-refractivity contribution >= 4 is 40.9 Å². The van der Waals surface area contributed by atoms with Gasteiger partial charge in [-0.1, -0.05) is 13.0 Å². The van der Waals surface area contributed by atoms with Crippen LogP contribution in [-0.2, 0) is 23.4 Å². The topological polar surface area (TPSA) is 42.0 Å². The number of aryl methyl sites for hydroxylation is 1. The van der Waals surface area contributed by atoms with E-state index in [9.17, 15) is 4.79 Å². The number of nitrogens with zero attached hydrogens (tertiary/aromatic N) is 1. The number of pyridine rings is 1. The third kappa shape index (κ3) is 3.03. The molecular weight excluding hydrogens is 336 g/mol. The molecule has 2 aromatic rings. The molecular formula is C19H20N2OS2. The smallest absolute Gasteiger partial charge is 0.263 e. The highest BCUT2D eigenvalue weighted by atomic mass is 32.2. The van der Waals surface area contributed by atoms with Crippen LogP contribution in [0.5, 0.6) is 0 Å². The lowest BCUT2D eigenvalue weighted by Crippen LogP contribution is -2.15. The summed E-state index contributed by atoms with van der Waals surface area (Å²) in [5.41, 5.74) is 4.12. The fraction of sp³-hybridized carbons (Fsp3) is 0.368. The lowest BCUT2D eigenvalue weighted by molar-refractivity contribution is -0.112. The molecule has 3 nitrogen and oxygen atoms in total. The van der Waals surface area contributed by atoms with E-state index in [2.05, 4.69) is 23.3 Å². The van der Waals surface area contributed by atoms with E-state index in [-0.39, 0.29) is 5.91 Å². The van der Waals surface area contributed by atoms with E-state index in [0.29, 0.717) is 5.82 Å². The number of hydrogen-bond acceptors (Lipinski definition) is 4. The molecule has 3 heterocycles. The van der Waals surface area contributed by atoms with E-state index in [0.717, 1.165) is 22.1 Å². The standard InChI is InChI=1S/C19H20N2OS2/c1-11-3-5-13-14-10-23-17(8-16(14)24-15(13)7-11)19(22)21-18-6-4-12(2)9-20-18/h4,6,8-9,11H,3,5,7,10H2,1-2H3,(H,20,21,22)/t11-/m0/s1. The predicted octanol–water partition coefficient (Wildman–Crippen LogP) is 4.80. The van der Waals surface area contributed by atoms with Crippen LogP contribution in [0, 0.1) is 12.8 Å². The number of thioether (sulfide) groups is 1. The summed E-state index contributed by atoms with van der Waals surface area (Å²) in [5.74, 6) is 2.25. The van der Waals surface area contributed by atoms with E-state index in [1.807, 2.05) is 30.4 Å². The Morgan fingerprint density at radius 2 is 2.21 bits per heavy atom. The Bertz CT molecular complexity index is 821. The van der Waals surface area contributed by atoms with Gasteiger partial charge in [0.15, 0.2) is 0 Å². The molecule has 1 aliphatic carbocycles. The van der Waals surface area contributed by atoms with E-state index in [4.69, 9.17) is 0 Å². The van der Waals surface area contributed by atoms with E-state index < -0.39 is 0 Å². The van der Waals surface area contributed by atoms with Crippen molar-refractivity contribution in [3.05, 3.63) is 49.7 Å². The molecule has 1 amide bonds. The van der Waals surface area contributed by atoms with Gasteiger partial charge >= 0.3 is 0 Å². The van der Waals surface area contributed by atoms with Gasteiger partial charge in [0.25, 0.3) is 5.91 Å². The Hall–Kier alpha value is -1.59. The third-order valence-corrected chi connectivity index (χ3v) is 6.95. The molecule has 24 heavy (non-hydrogen) atoms. The van der Waals surface area contributed by atoms with Crippen molar-refractivity contribution in [1.29, 1.82) is 0 Å². The van der Waals surface area contributed by atoms with Crippen LogP contribution in [0.2, 0.25) is 0 Å². The van der Waals surface area contributed by atoms with Gasteiger partial charge in [-0.25, -0.2) is 4.98 Å². The molecule has 1 N–H and O–H groups in total. The maximum absolute atomic E-state index is 12.5. The Balaban J connectivity index is 1.56. The minimum absolute atomic E-state index is 0.0539. The SMILES string of the molecule is Cc1ccc(NC(=O)C2=Cc3sc4c(c3CS2)CC[C@H](C)C4)nc1. The van der Waals surface area contributed by atoms with Crippen LogP contribution in [-0.4, -0.2) is 10.9 Å². The van der Waals surface area contributed by atoms with Crippen LogP contribution >= 0.6 is 23.1 Å². The van der Waals surface area contributed by atoms with Crippen LogP contribution in [0.4, 0.5) is 5.82 Å². The van der Waals surface area contributed by atoms with Gasteiger partial charge in [-0.3, -0.25) is 4.79 Å². The largest absolute Gasteiger partial charge is 0.306 e. The highest BCUT2D eigenvalue weighted by molar-refractivity contribution is 8.03. The van der Waals surface area contributed by atoms with Gasteiger partial charge in [-0.2, -0.15) is 0 Å². The average molecular weight is 357 g/mol. The van der Waals surface area contributed by atoms with Crippen molar-refractivity contribution in [3.8, 4) is 0 Å².